The molecule has 0 heterocycles. The normalized spacial score (nSPS) is 8.11. The molecule has 1 nitrogen and oxygen atoms in total. The van der Waals surface area contributed by atoms with Gasteiger partial charge in [0.15, 0.2) is 0 Å². The summed E-state index contributed by atoms with van der Waals surface area (Å²) in [4.78, 5) is 0.840. The average Bonchev–Trinajstić information content (AvgIpc) is 1.77. The molecule has 46 valence electrons. The van der Waals surface area contributed by atoms with Crippen molar-refractivity contribution in [3.8, 4) is 0 Å². The van der Waals surface area contributed by atoms with E-state index in [1.165, 1.54) is 0 Å². The molecule has 0 aliphatic rings. The molecular weight excluding hydrogens is 237 g/mol. The van der Waals surface area contributed by atoms with Gasteiger partial charge in [0, 0.05) is 34.5 Å². The maximum absolute atomic E-state index is 5.44. The van der Waals surface area contributed by atoms with Crippen LogP contribution in [0.5, 0.6) is 0 Å². The molecule has 0 aromatic heterocycles. The van der Waals surface area contributed by atoms with Crippen LogP contribution in [0.15, 0.2) is 29.2 Å². The van der Waals surface area contributed by atoms with Crippen LogP contribution in [0.1, 0.15) is 0 Å². The second-order valence-corrected chi connectivity index (χ2v) is 2.04. The summed E-state index contributed by atoms with van der Waals surface area (Å²) in [5.41, 5.74) is 6.18. The number of benzene rings is 1. The van der Waals surface area contributed by atoms with Crippen molar-refractivity contribution >= 4 is 42.2 Å². The molecule has 4 radical (unpaired) electrons. The maximum atomic E-state index is 5.44. The van der Waals surface area contributed by atoms with Gasteiger partial charge in [-0.1, -0.05) is 12.1 Å². The molecule has 0 saturated carbocycles. The number of nitrogens with two attached hydrogens (primary N) is 1. The Morgan fingerprint density at radius 2 is 1.78 bits per heavy atom. The number of hydrogen-bond acceptors (Lipinski definition) is 2. The fourth-order valence-electron chi connectivity index (χ4n) is 0.488. The molecule has 0 aliphatic carbocycles. The fraction of sp³-hybridized carbons (Fsp3) is 0. The van der Waals surface area contributed by atoms with Crippen molar-refractivity contribution in [1.82, 2.24) is 0 Å². The second kappa shape index (κ2) is 4.06. The zero-order chi connectivity index (χ0) is 5.98. The van der Waals surface area contributed by atoms with Crippen LogP contribution in [0.4, 0.5) is 5.69 Å². The summed E-state index contributed by atoms with van der Waals surface area (Å²) >= 11 is 4.07. The Kier molecular flexibility index (Phi) is 4.14. The van der Waals surface area contributed by atoms with Crippen LogP contribution in [-0.4, -0.2) is 23.9 Å². The molecule has 9 heavy (non-hydrogen) atoms. The van der Waals surface area contributed by atoms with Crippen molar-refractivity contribution in [2.75, 3.05) is 5.73 Å². The van der Waals surface area contributed by atoms with Crippen molar-refractivity contribution in [3.05, 3.63) is 24.3 Å². The summed E-state index contributed by atoms with van der Waals surface area (Å²) in [7, 11) is 0. The zero-order valence-electron chi connectivity index (χ0n) is 4.83. The van der Waals surface area contributed by atoms with Gasteiger partial charge in [0.25, 0.3) is 0 Å². The first-order valence-electron chi connectivity index (χ1n) is 2.34. The van der Waals surface area contributed by atoms with Gasteiger partial charge in [-0.3, -0.25) is 0 Å². The Labute approximate surface area is 77.0 Å². The molecule has 1 rings (SSSR count). The molecule has 0 saturated heterocycles. The first-order valence-corrected chi connectivity index (χ1v) is 2.79. The number of hydrogen-bond donors (Lipinski definition) is 2. The van der Waals surface area contributed by atoms with E-state index >= 15 is 0 Å². The maximum Gasteiger partial charge on any atom is 0.0449 e. The van der Waals surface area contributed by atoms with Crippen LogP contribution in [0, 0.1) is 0 Å². The molecule has 0 spiro atoms. The van der Waals surface area contributed by atoms with E-state index < -0.39 is 0 Å². The molecule has 1 aromatic carbocycles. The molecule has 2 N–H and O–H groups in total. The van der Waals surface area contributed by atoms with Crippen LogP contribution in [0.25, 0.3) is 0 Å². The van der Waals surface area contributed by atoms with Crippen LogP contribution >= 0.6 is 12.6 Å². The minimum absolute atomic E-state index is 0. The van der Waals surface area contributed by atoms with Crippen molar-refractivity contribution in [3.63, 3.8) is 0 Å². The summed E-state index contributed by atoms with van der Waals surface area (Å²) in [6.07, 6.45) is 0. The minimum Gasteiger partial charge on any atom is -0.398 e. The Hall–Kier alpha value is 0.169. The van der Waals surface area contributed by atoms with Gasteiger partial charge in [0.1, 0.15) is 0 Å². The molecule has 0 amide bonds. The van der Waals surface area contributed by atoms with E-state index in [-0.39, 0.29) is 23.9 Å². The Bertz CT molecular complexity index is 169. The topological polar surface area (TPSA) is 26.0 Å². The predicted octanol–water partition coefficient (Wildman–Crippen LogP) is 1.18. The second-order valence-electron chi connectivity index (χ2n) is 1.56. The van der Waals surface area contributed by atoms with Crippen LogP contribution < -0.4 is 5.73 Å². The molecule has 1 aromatic rings. The van der Waals surface area contributed by atoms with E-state index in [2.05, 4.69) is 12.6 Å². The van der Waals surface area contributed by atoms with Crippen molar-refractivity contribution in [2.45, 2.75) is 4.90 Å². The van der Waals surface area contributed by atoms with Gasteiger partial charge in [-0.2, -0.15) is 0 Å². The standard InChI is InChI=1S/C6H7NS.Sn/c7-5-3-1-2-4-6(5)8;/h1-4,8H,7H2;. The van der Waals surface area contributed by atoms with Gasteiger partial charge in [0.05, 0.1) is 0 Å². The number of thiol groups is 1. The SMILES string of the molecule is Nc1ccccc1S.[Sn]. The monoisotopic (exact) mass is 245 g/mol. The van der Waals surface area contributed by atoms with E-state index in [0.29, 0.717) is 0 Å². The van der Waals surface area contributed by atoms with Gasteiger partial charge in [-0.25, -0.2) is 0 Å². The Morgan fingerprint density at radius 1 is 1.22 bits per heavy atom. The van der Waals surface area contributed by atoms with Gasteiger partial charge >= 0.3 is 0 Å². The van der Waals surface area contributed by atoms with Crippen LogP contribution in [0.2, 0.25) is 0 Å². The molecular formula is C6H7NSSn. The van der Waals surface area contributed by atoms with E-state index in [1.807, 2.05) is 24.3 Å². The third-order valence-electron chi connectivity index (χ3n) is 0.937. The first-order chi connectivity index (χ1) is 3.80. The van der Waals surface area contributed by atoms with Crippen LogP contribution in [-0.2, 0) is 0 Å². The Balaban J connectivity index is 0.000000640. The van der Waals surface area contributed by atoms with E-state index in [1.54, 1.807) is 0 Å². The van der Waals surface area contributed by atoms with Crippen molar-refractivity contribution < 1.29 is 0 Å². The number of anilines is 1. The van der Waals surface area contributed by atoms with Gasteiger partial charge in [-0.05, 0) is 12.1 Å². The molecule has 0 aliphatic heterocycles. The molecule has 3 heteroatoms. The predicted molar refractivity (Wildman–Crippen MR) is 43.9 cm³/mol. The number of nitrogen functional groups attached to an aromatic ring is 1. The van der Waals surface area contributed by atoms with E-state index in [9.17, 15) is 0 Å². The average molecular weight is 244 g/mol. The third kappa shape index (κ3) is 2.49. The number of para-hydroxylation sites is 1. The van der Waals surface area contributed by atoms with Gasteiger partial charge in [-0.15, -0.1) is 12.6 Å². The number of rotatable bonds is 0. The largest absolute Gasteiger partial charge is 0.398 e. The van der Waals surface area contributed by atoms with Crippen molar-refractivity contribution in [1.29, 1.82) is 0 Å². The molecule has 0 unspecified atom stereocenters. The smallest absolute Gasteiger partial charge is 0.0449 e. The Morgan fingerprint density at radius 3 is 2.11 bits per heavy atom. The fourth-order valence-corrected chi connectivity index (χ4v) is 0.648. The first kappa shape index (κ1) is 9.17. The summed E-state index contributed by atoms with van der Waals surface area (Å²) in [6.45, 7) is 0. The zero-order valence-corrected chi connectivity index (χ0v) is 8.58. The summed E-state index contributed by atoms with van der Waals surface area (Å²) < 4.78 is 0. The van der Waals surface area contributed by atoms with E-state index in [4.69, 9.17) is 5.73 Å². The van der Waals surface area contributed by atoms with E-state index in [0.717, 1.165) is 10.6 Å². The molecule has 0 fully saturated rings. The van der Waals surface area contributed by atoms with Gasteiger partial charge < -0.3 is 5.73 Å². The minimum atomic E-state index is 0. The quantitative estimate of drug-likeness (QED) is 0.400. The van der Waals surface area contributed by atoms with Crippen LogP contribution in [0.3, 0.4) is 0 Å². The molecule has 0 bridgehead atoms. The molecule has 0 atom stereocenters. The summed E-state index contributed by atoms with van der Waals surface area (Å²) in [6, 6.07) is 7.47. The third-order valence-corrected chi connectivity index (χ3v) is 1.34. The van der Waals surface area contributed by atoms with Gasteiger partial charge in [0.2, 0.25) is 0 Å². The summed E-state index contributed by atoms with van der Waals surface area (Å²) in [5.74, 6) is 0. The van der Waals surface area contributed by atoms with Crippen molar-refractivity contribution in [2.24, 2.45) is 0 Å². The summed E-state index contributed by atoms with van der Waals surface area (Å²) in [5, 5.41) is 0.